The molecule has 0 spiro atoms. The minimum atomic E-state index is -0.304. The van der Waals surface area contributed by atoms with Crippen molar-refractivity contribution in [3.05, 3.63) is 22.7 Å². The molecular formula is C10H15BrO. The second kappa shape index (κ2) is 4.24. The van der Waals surface area contributed by atoms with Crippen molar-refractivity contribution in [2.45, 2.75) is 26.4 Å². The van der Waals surface area contributed by atoms with Gasteiger partial charge in [0.1, 0.15) is 0 Å². The fourth-order valence-electron chi connectivity index (χ4n) is 1.43. The van der Waals surface area contributed by atoms with Crippen LogP contribution in [0.25, 0.3) is 0 Å². The smallest absolute Gasteiger partial charge is 0.0789 e. The fraction of sp³-hybridized carbons (Fsp3) is 0.600. The number of hydrogen-bond donors (Lipinski definition) is 1. The molecule has 0 aliphatic heterocycles. The molecule has 0 aromatic rings. The summed E-state index contributed by atoms with van der Waals surface area (Å²) in [5, 5.41) is 9.64. The molecule has 0 aromatic heterocycles. The molecule has 68 valence electrons. The molecule has 0 aromatic carbocycles. The van der Waals surface area contributed by atoms with Gasteiger partial charge in [-0.2, -0.15) is 0 Å². The van der Waals surface area contributed by atoms with Crippen molar-refractivity contribution in [2.75, 3.05) is 0 Å². The van der Waals surface area contributed by atoms with E-state index in [1.54, 1.807) is 0 Å². The molecule has 3 unspecified atom stereocenters. The average molecular weight is 231 g/mol. The molecule has 2 heteroatoms. The van der Waals surface area contributed by atoms with E-state index in [-0.39, 0.29) is 12.0 Å². The SMILES string of the molecule is CCC(C)C1C=C(Br)C=CC1O. The fourth-order valence-corrected chi connectivity index (χ4v) is 1.89. The molecular weight excluding hydrogens is 216 g/mol. The lowest BCUT2D eigenvalue weighted by atomic mass is 9.85. The lowest BCUT2D eigenvalue weighted by Gasteiger charge is -2.25. The Kier molecular flexibility index (Phi) is 3.53. The second-order valence-electron chi connectivity index (χ2n) is 3.36. The Labute approximate surface area is 82.3 Å². The third-order valence-corrected chi connectivity index (χ3v) is 3.03. The summed E-state index contributed by atoms with van der Waals surface area (Å²) in [6.45, 7) is 4.32. The standard InChI is InChI=1S/C10H15BrO/c1-3-7(2)9-6-8(11)4-5-10(9)12/h4-7,9-10,12H,3H2,1-2H3. The van der Waals surface area contributed by atoms with E-state index in [4.69, 9.17) is 0 Å². The highest BCUT2D eigenvalue weighted by Gasteiger charge is 2.22. The van der Waals surface area contributed by atoms with Gasteiger partial charge in [0.15, 0.2) is 0 Å². The zero-order valence-corrected chi connectivity index (χ0v) is 9.08. The minimum Gasteiger partial charge on any atom is -0.388 e. The normalized spacial score (nSPS) is 31.5. The van der Waals surface area contributed by atoms with Crippen LogP contribution in [-0.4, -0.2) is 11.2 Å². The summed E-state index contributed by atoms with van der Waals surface area (Å²) < 4.78 is 1.08. The van der Waals surface area contributed by atoms with Crippen molar-refractivity contribution in [3.63, 3.8) is 0 Å². The second-order valence-corrected chi connectivity index (χ2v) is 4.28. The average Bonchev–Trinajstić information content (AvgIpc) is 2.08. The van der Waals surface area contributed by atoms with Gasteiger partial charge in [0, 0.05) is 10.4 Å². The van der Waals surface area contributed by atoms with Crippen LogP contribution in [0.5, 0.6) is 0 Å². The molecule has 0 saturated heterocycles. The zero-order valence-electron chi connectivity index (χ0n) is 7.50. The molecule has 12 heavy (non-hydrogen) atoms. The van der Waals surface area contributed by atoms with Crippen LogP contribution in [0.1, 0.15) is 20.3 Å². The highest BCUT2D eigenvalue weighted by atomic mass is 79.9. The van der Waals surface area contributed by atoms with Crippen molar-refractivity contribution < 1.29 is 5.11 Å². The van der Waals surface area contributed by atoms with Crippen molar-refractivity contribution in [1.82, 2.24) is 0 Å². The number of halogens is 1. The van der Waals surface area contributed by atoms with E-state index in [9.17, 15) is 5.11 Å². The van der Waals surface area contributed by atoms with Gasteiger partial charge in [-0.25, -0.2) is 0 Å². The van der Waals surface area contributed by atoms with Gasteiger partial charge in [0.05, 0.1) is 6.10 Å². The molecule has 0 radical (unpaired) electrons. The van der Waals surface area contributed by atoms with Crippen molar-refractivity contribution >= 4 is 15.9 Å². The summed E-state index contributed by atoms with van der Waals surface area (Å²) in [4.78, 5) is 0. The topological polar surface area (TPSA) is 20.2 Å². The lowest BCUT2D eigenvalue weighted by Crippen LogP contribution is -2.24. The highest BCUT2D eigenvalue weighted by Crippen LogP contribution is 2.28. The summed E-state index contributed by atoms with van der Waals surface area (Å²) in [5.74, 6) is 0.812. The van der Waals surface area contributed by atoms with E-state index in [0.717, 1.165) is 10.9 Å². The molecule has 1 aliphatic rings. The van der Waals surface area contributed by atoms with E-state index in [0.29, 0.717) is 5.92 Å². The van der Waals surface area contributed by atoms with Crippen molar-refractivity contribution in [3.8, 4) is 0 Å². The van der Waals surface area contributed by atoms with Crippen molar-refractivity contribution in [2.24, 2.45) is 11.8 Å². The first-order valence-electron chi connectivity index (χ1n) is 4.38. The van der Waals surface area contributed by atoms with Crippen molar-refractivity contribution in [1.29, 1.82) is 0 Å². The molecule has 0 saturated carbocycles. The summed E-state index contributed by atoms with van der Waals surface area (Å²) in [5.41, 5.74) is 0. The quantitative estimate of drug-likeness (QED) is 0.774. The summed E-state index contributed by atoms with van der Waals surface area (Å²) in [6, 6.07) is 0. The molecule has 0 bridgehead atoms. The van der Waals surface area contributed by atoms with Crippen LogP contribution >= 0.6 is 15.9 Å². The maximum absolute atomic E-state index is 9.64. The maximum atomic E-state index is 9.64. The van der Waals surface area contributed by atoms with E-state index < -0.39 is 0 Å². The lowest BCUT2D eigenvalue weighted by molar-refractivity contribution is 0.142. The largest absolute Gasteiger partial charge is 0.388 e. The predicted molar refractivity (Wildman–Crippen MR) is 55.1 cm³/mol. The van der Waals surface area contributed by atoms with Gasteiger partial charge in [-0.3, -0.25) is 0 Å². The molecule has 1 rings (SSSR count). The van der Waals surface area contributed by atoms with Gasteiger partial charge in [0.25, 0.3) is 0 Å². The van der Waals surface area contributed by atoms with Gasteiger partial charge >= 0.3 is 0 Å². The Morgan fingerprint density at radius 2 is 2.33 bits per heavy atom. The van der Waals surface area contributed by atoms with Gasteiger partial charge in [0.2, 0.25) is 0 Å². The Morgan fingerprint density at radius 3 is 2.92 bits per heavy atom. The Bertz CT molecular complexity index is 208. The van der Waals surface area contributed by atoms with Gasteiger partial charge < -0.3 is 5.11 Å². The highest BCUT2D eigenvalue weighted by molar-refractivity contribution is 9.11. The summed E-state index contributed by atoms with van der Waals surface area (Å²) >= 11 is 3.42. The number of hydrogen-bond acceptors (Lipinski definition) is 1. The number of allylic oxidation sites excluding steroid dienone is 2. The van der Waals surface area contributed by atoms with Crippen LogP contribution in [0.4, 0.5) is 0 Å². The number of rotatable bonds is 2. The summed E-state index contributed by atoms with van der Waals surface area (Å²) in [6.07, 6.45) is 6.65. The van der Waals surface area contributed by atoms with Crippen LogP contribution in [0.15, 0.2) is 22.7 Å². The van der Waals surface area contributed by atoms with Crippen LogP contribution < -0.4 is 0 Å². The molecule has 1 nitrogen and oxygen atoms in total. The van der Waals surface area contributed by atoms with Crippen LogP contribution in [-0.2, 0) is 0 Å². The molecule has 1 aliphatic carbocycles. The molecule has 0 fully saturated rings. The third-order valence-electron chi connectivity index (χ3n) is 2.50. The molecule has 1 N–H and O–H groups in total. The van der Waals surface area contributed by atoms with Crippen LogP contribution in [0, 0.1) is 11.8 Å². The van der Waals surface area contributed by atoms with Crippen LogP contribution in [0.2, 0.25) is 0 Å². The molecule has 3 atom stereocenters. The Balaban J connectivity index is 2.70. The minimum absolute atomic E-state index is 0.273. The van der Waals surface area contributed by atoms with Gasteiger partial charge in [-0.1, -0.05) is 48.4 Å². The third kappa shape index (κ3) is 2.20. The molecule has 0 heterocycles. The first-order chi connectivity index (χ1) is 5.65. The van der Waals surface area contributed by atoms with Gasteiger partial charge in [-0.15, -0.1) is 0 Å². The zero-order chi connectivity index (χ0) is 9.14. The predicted octanol–water partition coefficient (Wildman–Crippen LogP) is 2.86. The summed E-state index contributed by atoms with van der Waals surface area (Å²) in [7, 11) is 0. The molecule has 0 amide bonds. The number of aliphatic hydroxyl groups is 1. The van der Waals surface area contributed by atoms with E-state index in [2.05, 4.69) is 35.9 Å². The number of aliphatic hydroxyl groups excluding tert-OH is 1. The first kappa shape index (κ1) is 10.0. The van der Waals surface area contributed by atoms with E-state index >= 15 is 0 Å². The van der Waals surface area contributed by atoms with E-state index in [1.807, 2.05) is 12.2 Å². The Morgan fingerprint density at radius 1 is 1.67 bits per heavy atom. The van der Waals surface area contributed by atoms with Gasteiger partial charge in [-0.05, 0) is 12.0 Å². The van der Waals surface area contributed by atoms with E-state index in [1.165, 1.54) is 0 Å². The monoisotopic (exact) mass is 230 g/mol. The first-order valence-corrected chi connectivity index (χ1v) is 5.18. The Hall–Kier alpha value is -0.0800. The maximum Gasteiger partial charge on any atom is 0.0789 e. The van der Waals surface area contributed by atoms with Crippen LogP contribution in [0.3, 0.4) is 0 Å².